The van der Waals surface area contributed by atoms with Crippen molar-refractivity contribution in [1.29, 1.82) is 0 Å². The first-order chi connectivity index (χ1) is 56.5. The summed E-state index contributed by atoms with van der Waals surface area (Å²) >= 11 is 5.42. The summed E-state index contributed by atoms with van der Waals surface area (Å²) in [5.41, 5.74) is 28.5. The zero-order valence-corrected chi connectivity index (χ0v) is 64.0. The summed E-state index contributed by atoms with van der Waals surface area (Å²) in [7, 11) is 0. The van der Waals surface area contributed by atoms with Crippen LogP contribution in [-0.2, 0) is 0 Å². The lowest BCUT2D eigenvalue weighted by atomic mass is 9.96. The molecule has 0 atom stereocenters. The maximum atomic E-state index is 4.86. The smallest absolute Gasteiger partial charge is 0.0894 e. The quantitative estimate of drug-likeness (QED) is 0.145. The molecule has 0 fully saturated rings. The highest BCUT2D eigenvalue weighted by Gasteiger charge is 2.19. The summed E-state index contributed by atoms with van der Waals surface area (Å²) in [6.07, 6.45) is 5.77. The molecule has 0 amide bonds. The molecule has 0 aliphatic carbocycles. The number of hydrogen-bond acceptors (Lipinski definition) is 6. The van der Waals surface area contributed by atoms with E-state index < -0.39 is 0 Å². The van der Waals surface area contributed by atoms with E-state index in [0.29, 0.717) is 0 Å². The molecule has 0 spiro atoms. The maximum Gasteiger partial charge on any atom is 0.0894 e. The number of nitrogens with zero attached hydrogens (tertiary/aromatic N) is 6. The molecule has 0 saturated carbocycles. The molecule has 6 nitrogen and oxygen atoms in total. The number of rotatable bonds is 9. The third kappa shape index (κ3) is 11.6. The molecule has 0 bridgehead atoms. The predicted molar refractivity (Wildman–Crippen MR) is 487 cm³/mol. The zero-order chi connectivity index (χ0) is 75.2. The lowest BCUT2D eigenvalue weighted by Gasteiger charge is -2.12. The lowest BCUT2D eigenvalue weighted by Crippen LogP contribution is -1.94. The Labute approximate surface area is 668 Å². The Bertz CT molecular complexity index is 7450. The Balaban J connectivity index is 0.000000104. The Morgan fingerprint density at radius 1 is 0.184 bits per heavy atom. The molecule has 0 N–H and O–H groups in total. The Hall–Kier alpha value is -14.2. The van der Waals surface area contributed by atoms with E-state index in [1.807, 2.05) is 64.7 Å². The average Bonchev–Trinajstić information content (AvgIpc) is 1.60. The van der Waals surface area contributed by atoms with Gasteiger partial charge in [-0.1, -0.05) is 243 Å². The highest BCUT2D eigenvalue weighted by atomic mass is 32.1. The van der Waals surface area contributed by atoms with Gasteiger partial charge in [0.2, 0.25) is 0 Å². The van der Waals surface area contributed by atoms with Gasteiger partial charge in [0.05, 0.1) is 63.8 Å². The Morgan fingerprint density at radius 2 is 0.500 bits per heavy atom. The molecule has 0 radical (unpaired) electrons. The molecule has 9 heteroatoms. The van der Waals surface area contributed by atoms with E-state index >= 15 is 0 Å². The molecule has 9 aromatic heterocycles. The molecule has 15 aromatic carbocycles. The van der Waals surface area contributed by atoms with Gasteiger partial charge in [-0.2, -0.15) is 0 Å². The Morgan fingerprint density at radius 3 is 0.982 bits per heavy atom. The molecular formula is C105H66N6S3. The lowest BCUT2D eigenvalue weighted by molar-refractivity contribution is 1.18. The summed E-state index contributed by atoms with van der Waals surface area (Å²) in [5.74, 6) is 0. The van der Waals surface area contributed by atoms with Gasteiger partial charge in [-0.25, -0.2) is 0 Å². The number of fused-ring (bicyclic) bond motifs is 18. The van der Waals surface area contributed by atoms with Gasteiger partial charge in [-0.15, -0.1) is 34.0 Å². The van der Waals surface area contributed by atoms with Gasteiger partial charge in [-0.05, 0) is 201 Å². The van der Waals surface area contributed by atoms with Gasteiger partial charge in [0.1, 0.15) is 0 Å². The first kappa shape index (κ1) is 66.8. The third-order valence-corrected chi connectivity index (χ3v) is 25.6. The maximum absolute atomic E-state index is 4.86. The van der Waals surface area contributed by atoms with Crippen molar-refractivity contribution < 1.29 is 0 Å². The van der Waals surface area contributed by atoms with Crippen molar-refractivity contribution in [2.45, 2.75) is 0 Å². The molecule has 534 valence electrons. The van der Waals surface area contributed by atoms with Crippen molar-refractivity contribution in [1.82, 2.24) is 28.7 Å². The van der Waals surface area contributed by atoms with Crippen LogP contribution < -0.4 is 0 Å². The van der Waals surface area contributed by atoms with Crippen molar-refractivity contribution in [3.63, 3.8) is 0 Å². The standard InChI is InChI=1S/3C35H22N2S/c1-4-16-31-28(13-1)29-14-2-5-17-32(29)37(31)27-12-8-11-25(20-27)23-9-7-10-24(19-23)26-21-34-35(36-22-26)30-15-3-6-18-33(30)38-34;1-3-16-30-28(13-1)29-14-2-4-17-31(29)37(30)26-12-6-10-24(22-26)23-9-5-11-25(21-23)27-15-7-18-32-34(27)35-33(38-32)19-8-20-36-35;1-3-14-31-28(12-1)29-13-2-4-15-32(29)37(31)27-11-6-10-25(21-27)23-8-5-9-24(20-23)26-17-18-30-34(22-26)38-33-16-7-19-36-35(30)33/h3*1-22H. The number of para-hydroxylation sites is 6. The largest absolute Gasteiger partial charge is 0.309 e. The summed E-state index contributed by atoms with van der Waals surface area (Å²) in [5, 5.41) is 11.4. The molecule has 0 aliphatic rings. The minimum atomic E-state index is 1.09. The van der Waals surface area contributed by atoms with Crippen LogP contribution in [0, 0.1) is 0 Å². The van der Waals surface area contributed by atoms with Crippen molar-refractivity contribution in [3.05, 3.63) is 401 Å². The molecule has 24 aromatic rings. The van der Waals surface area contributed by atoms with Crippen LogP contribution in [0.1, 0.15) is 0 Å². The van der Waals surface area contributed by atoms with Crippen LogP contribution in [0.4, 0.5) is 0 Å². The normalized spacial score (nSPS) is 11.7. The monoisotopic (exact) mass is 1510 g/mol. The average molecular weight is 1510 g/mol. The van der Waals surface area contributed by atoms with Crippen molar-refractivity contribution >= 4 is 160 Å². The summed E-state index contributed by atoms with van der Waals surface area (Å²) in [6, 6.07) is 138. The van der Waals surface area contributed by atoms with Gasteiger partial charge in [0.15, 0.2) is 0 Å². The van der Waals surface area contributed by atoms with Crippen LogP contribution >= 0.6 is 34.0 Å². The minimum Gasteiger partial charge on any atom is -0.309 e. The topological polar surface area (TPSA) is 53.5 Å². The van der Waals surface area contributed by atoms with E-state index in [1.54, 1.807) is 0 Å². The van der Waals surface area contributed by atoms with E-state index in [-0.39, 0.29) is 0 Å². The number of thiophene rings is 3. The second-order valence-corrected chi connectivity index (χ2v) is 32.2. The predicted octanol–water partition coefficient (Wildman–Crippen LogP) is 29.6. The van der Waals surface area contributed by atoms with Gasteiger partial charge < -0.3 is 13.7 Å². The van der Waals surface area contributed by atoms with E-state index in [2.05, 4.69) is 389 Å². The van der Waals surface area contributed by atoms with E-state index in [0.717, 1.165) is 22.1 Å². The van der Waals surface area contributed by atoms with Crippen LogP contribution in [0.25, 0.3) is 210 Å². The molecular weight excluding hydrogens is 1440 g/mol. The highest BCUT2D eigenvalue weighted by molar-refractivity contribution is 7.26. The Kier molecular flexibility index (Phi) is 16.4. The molecule has 0 unspecified atom stereocenters. The van der Waals surface area contributed by atoms with Crippen LogP contribution in [-0.4, -0.2) is 28.7 Å². The number of benzene rings is 15. The zero-order valence-electron chi connectivity index (χ0n) is 61.5. The SMILES string of the molecule is c1cc(-c2cccc(-n3c4ccccc4c4ccccc43)c2)cc(-c2ccc3c(c2)sc2cccnc23)c1.c1cc(-c2cccc(-n3c4ccccc4c4ccccc43)c2)cc(-c2cccc3sc4cccnc4c23)c1.c1cc(-c2cccc(-n3c4ccccc4c4ccccc43)c2)cc(-c2cnc3c(c2)sc2ccccc23)c1. The second kappa shape index (κ2) is 28.0. The fraction of sp³-hybridized carbons (Fsp3) is 0. The van der Waals surface area contributed by atoms with E-state index in [4.69, 9.17) is 9.97 Å². The fourth-order valence-corrected chi connectivity index (χ4v) is 20.4. The van der Waals surface area contributed by atoms with E-state index in [9.17, 15) is 0 Å². The number of pyridine rings is 3. The molecule has 0 aliphatic heterocycles. The van der Waals surface area contributed by atoms with Crippen LogP contribution in [0.5, 0.6) is 0 Å². The second-order valence-electron chi connectivity index (χ2n) is 29.0. The van der Waals surface area contributed by atoms with Crippen molar-refractivity contribution in [3.8, 4) is 83.8 Å². The fourth-order valence-electron chi connectivity index (χ4n) is 17.1. The van der Waals surface area contributed by atoms with Gasteiger partial charge in [0.25, 0.3) is 0 Å². The minimum absolute atomic E-state index is 1.09. The van der Waals surface area contributed by atoms with Crippen LogP contribution in [0.3, 0.4) is 0 Å². The highest BCUT2D eigenvalue weighted by Crippen LogP contribution is 2.44. The number of hydrogen-bond donors (Lipinski definition) is 0. The molecule has 0 saturated heterocycles. The number of aromatic nitrogens is 6. The summed E-state index contributed by atoms with van der Waals surface area (Å²) in [4.78, 5) is 14.2. The molecule has 9 heterocycles. The van der Waals surface area contributed by atoms with Crippen LogP contribution in [0.15, 0.2) is 401 Å². The van der Waals surface area contributed by atoms with Gasteiger partial charge in [0, 0.05) is 104 Å². The molecule has 24 rings (SSSR count). The summed E-state index contributed by atoms with van der Waals surface area (Å²) < 4.78 is 14.6. The van der Waals surface area contributed by atoms with Crippen molar-refractivity contribution in [2.24, 2.45) is 0 Å². The van der Waals surface area contributed by atoms with E-state index in [1.165, 1.54) is 188 Å². The third-order valence-electron chi connectivity index (χ3n) is 22.3. The summed E-state index contributed by atoms with van der Waals surface area (Å²) in [6.45, 7) is 0. The van der Waals surface area contributed by atoms with Gasteiger partial charge in [-0.3, -0.25) is 15.0 Å². The van der Waals surface area contributed by atoms with Crippen LogP contribution in [0.2, 0.25) is 0 Å². The van der Waals surface area contributed by atoms with Gasteiger partial charge >= 0.3 is 0 Å². The first-order valence-corrected chi connectivity index (χ1v) is 40.9. The molecule has 114 heavy (non-hydrogen) atoms. The first-order valence-electron chi connectivity index (χ1n) is 38.4. The van der Waals surface area contributed by atoms with Crippen molar-refractivity contribution in [2.75, 3.05) is 0 Å².